The van der Waals surface area contributed by atoms with Crippen molar-refractivity contribution in [1.29, 1.82) is 0 Å². The average molecular weight is 482 g/mol. The summed E-state index contributed by atoms with van der Waals surface area (Å²) in [6.07, 6.45) is 4.52. The molecule has 1 N–H and O–H groups in total. The molecule has 2 fully saturated rings. The quantitative estimate of drug-likeness (QED) is 0.434. The predicted molar refractivity (Wildman–Crippen MR) is 118 cm³/mol. The van der Waals surface area contributed by atoms with E-state index in [-0.39, 0.29) is 33.2 Å². The summed E-state index contributed by atoms with van der Waals surface area (Å²) in [5.41, 5.74) is 0.337. The molecule has 32 heavy (non-hydrogen) atoms. The molecule has 4 rings (SSSR count). The number of halogens is 1. The van der Waals surface area contributed by atoms with E-state index in [1.165, 1.54) is 24.3 Å². The highest BCUT2D eigenvalue weighted by atomic mass is 32.2. The van der Waals surface area contributed by atoms with Gasteiger partial charge in [-0.05, 0) is 44.7 Å². The van der Waals surface area contributed by atoms with Gasteiger partial charge in [0.1, 0.15) is 6.10 Å². The number of rotatable bonds is 9. The maximum atomic E-state index is 13.3. The van der Waals surface area contributed by atoms with E-state index >= 15 is 0 Å². The number of sulfone groups is 1. The van der Waals surface area contributed by atoms with E-state index in [2.05, 4.69) is 15.5 Å². The molecule has 1 aromatic carbocycles. The average Bonchev–Trinajstić information content (AvgIpc) is 3.43. The first-order valence-corrected chi connectivity index (χ1v) is 12.9. The Morgan fingerprint density at radius 3 is 2.56 bits per heavy atom. The number of oxime groups is 1. The Balaban J connectivity index is 1.54. The Hall–Kier alpha value is -2.37. The van der Waals surface area contributed by atoms with E-state index in [9.17, 15) is 17.6 Å². The van der Waals surface area contributed by atoms with Gasteiger partial charge in [-0.3, -0.25) is 10.1 Å². The minimum Gasteiger partial charge on any atom is -0.392 e. The number of amides is 1. The molecule has 2 saturated carbocycles. The van der Waals surface area contributed by atoms with Crippen LogP contribution in [-0.2, 0) is 24.2 Å². The predicted octanol–water partition coefficient (Wildman–Crippen LogP) is 3.54. The van der Waals surface area contributed by atoms with Gasteiger partial charge in [0.25, 0.3) is 5.91 Å². The smallest absolute Gasteiger partial charge is 0.280 e. The van der Waals surface area contributed by atoms with Gasteiger partial charge >= 0.3 is 0 Å². The van der Waals surface area contributed by atoms with Crippen LogP contribution in [0.3, 0.4) is 0 Å². The summed E-state index contributed by atoms with van der Waals surface area (Å²) >= 11 is 0.692. The van der Waals surface area contributed by atoms with Gasteiger partial charge in [0.15, 0.2) is 25.8 Å². The molecule has 0 aliphatic heterocycles. The van der Waals surface area contributed by atoms with Crippen LogP contribution in [0, 0.1) is 5.13 Å². The summed E-state index contributed by atoms with van der Waals surface area (Å²) in [6, 6.07) is 5.99. The number of thiazole rings is 1. The number of nitrogens with zero attached hydrogens (tertiary/aromatic N) is 2. The molecule has 0 unspecified atom stereocenters. The van der Waals surface area contributed by atoms with Crippen LogP contribution >= 0.6 is 11.3 Å². The first-order valence-electron chi connectivity index (χ1n) is 10.5. The zero-order valence-corrected chi connectivity index (χ0v) is 19.1. The molecule has 2 aliphatic rings. The number of benzene rings is 1. The van der Waals surface area contributed by atoms with Crippen LogP contribution in [0.25, 0.3) is 0 Å². The molecule has 1 amide bonds. The van der Waals surface area contributed by atoms with Crippen LogP contribution in [0.2, 0.25) is 0 Å². The van der Waals surface area contributed by atoms with Crippen molar-refractivity contribution in [1.82, 2.24) is 4.98 Å². The van der Waals surface area contributed by atoms with Gasteiger partial charge in [-0.2, -0.15) is 4.39 Å². The Morgan fingerprint density at radius 1 is 1.22 bits per heavy atom. The highest BCUT2D eigenvalue weighted by molar-refractivity contribution is 7.92. The molecule has 2 aliphatic carbocycles. The highest BCUT2D eigenvalue weighted by Crippen LogP contribution is 2.33. The molecule has 0 bridgehead atoms. The Bertz CT molecular complexity index is 1100. The highest BCUT2D eigenvalue weighted by Gasteiger charge is 2.37. The lowest BCUT2D eigenvalue weighted by Gasteiger charge is -2.12. The second-order valence-corrected chi connectivity index (χ2v) is 11.0. The van der Waals surface area contributed by atoms with Gasteiger partial charge in [0.2, 0.25) is 0 Å². The van der Waals surface area contributed by atoms with Crippen molar-refractivity contribution in [3.8, 4) is 0 Å². The molecular weight excluding hydrogens is 457 g/mol. The van der Waals surface area contributed by atoms with Crippen molar-refractivity contribution in [2.45, 2.75) is 61.4 Å². The molecule has 1 aromatic heterocycles. The van der Waals surface area contributed by atoms with Crippen molar-refractivity contribution in [3.63, 3.8) is 0 Å². The SMILES string of the molecule is CCO[C@@H]1CC[C@@H](ON=C(C(=O)Nc2ncc(F)s2)c2ccc(S(=O)(=O)C3CC3)cc2)C1. The normalized spacial score (nSPS) is 21.5. The molecule has 0 saturated heterocycles. The number of hydrogen-bond donors (Lipinski definition) is 1. The number of ether oxygens (including phenoxy) is 1. The molecule has 0 spiro atoms. The molecule has 1 heterocycles. The molecule has 172 valence electrons. The molecule has 2 aromatic rings. The van der Waals surface area contributed by atoms with Crippen molar-refractivity contribution in [3.05, 3.63) is 41.2 Å². The molecular formula is C21H24FN3O5S2. The first kappa shape index (κ1) is 22.8. The molecule has 8 nitrogen and oxygen atoms in total. The summed E-state index contributed by atoms with van der Waals surface area (Å²) < 4.78 is 43.8. The van der Waals surface area contributed by atoms with Gasteiger partial charge in [-0.1, -0.05) is 28.6 Å². The summed E-state index contributed by atoms with van der Waals surface area (Å²) in [5.74, 6) is -0.628. The number of carbonyl (C=O) groups is 1. The third-order valence-electron chi connectivity index (χ3n) is 5.36. The van der Waals surface area contributed by atoms with Crippen LogP contribution in [0.15, 0.2) is 40.5 Å². The van der Waals surface area contributed by atoms with Crippen molar-refractivity contribution in [2.75, 3.05) is 11.9 Å². The lowest BCUT2D eigenvalue weighted by Crippen LogP contribution is -2.25. The van der Waals surface area contributed by atoms with E-state index in [1.54, 1.807) is 0 Å². The van der Waals surface area contributed by atoms with E-state index in [0.717, 1.165) is 19.0 Å². The van der Waals surface area contributed by atoms with Crippen LogP contribution in [0.1, 0.15) is 44.6 Å². The largest absolute Gasteiger partial charge is 0.392 e. The van der Waals surface area contributed by atoms with Crippen LogP contribution < -0.4 is 5.32 Å². The zero-order valence-electron chi connectivity index (χ0n) is 17.5. The third-order valence-corrected chi connectivity index (χ3v) is 8.34. The fourth-order valence-electron chi connectivity index (χ4n) is 3.58. The fourth-order valence-corrected chi connectivity index (χ4v) is 5.77. The molecule has 0 radical (unpaired) electrons. The Kier molecular flexibility index (Phi) is 6.87. The third kappa shape index (κ3) is 5.33. The Labute approximate surface area is 189 Å². The summed E-state index contributed by atoms with van der Waals surface area (Å²) in [4.78, 5) is 22.5. The summed E-state index contributed by atoms with van der Waals surface area (Å²) in [6.45, 7) is 2.55. The topological polar surface area (TPSA) is 107 Å². The standard InChI is InChI=1S/C21H24FN3O5S2/c1-2-29-14-5-6-15(11-14)30-25-19(20(26)24-21-23-12-18(22)31-21)13-3-7-16(8-4-13)32(27,28)17-9-10-17/h3-4,7-8,12,14-15,17H,2,5-6,9-11H2,1H3,(H,23,24,26)/t14-,15-/m1/s1. The minimum absolute atomic E-state index is 0.0455. The van der Waals surface area contributed by atoms with Gasteiger partial charge in [0, 0.05) is 18.6 Å². The number of aromatic nitrogens is 1. The van der Waals surface area contributed by atoms with Crippen LogP contribution in [0.5, 0.6) is 0 Å². The van der Waals surface area contributed by atoms with E-state index in [1.807, 2.05) is 6.92 Å². The Morgan fingerprint density at radius 2 is 1.94 bits per heavy atom. The second kappa shape index (κ2) is 9.63. The number of carbonyl (C=O) groups excluding carboxylic acids is 1. The lowest BCUT2D eigenvalue weighted by atomic mass is 10.1. The van der Waals surface area contributed by atoms with Gasteiger partial charge in [-0.15, -0.1) is 0 Å². The number of anilines is 1. The molecule has 11 heteroatoms. The van der Waals surface area contributed by atoms with Crippen LogP contribution in [0.4, 0.5) is 9.52 Å². The number of hydrogen-bond acceptors (Lipinski definition) is 8. The van der Waals surface area contributed by atoms with Crippen LogP contribution in [-0.4, -0.2) is 49.1 Å². The van der Waals surface area contributed by atoms with Crippen molar-refractivity contribution in [2.24, 2.45) is 5.16 Å². The van der Waals surface area contributed by atoms with Gasteiger partial charge in [-0.25, -0.2) is 13.4 Å². The second-order valence-electron chi connectivity index (χ2n) is 7.75. The lowest BCUT2D eigenvalue weighted by molar-refractivity contribution is -0.110. The maximum absolute atomic E-state index is 13.3. The van der Waals surface area contributed by atoms with Gasteiger partial charge in [0.05, 0.1) is 22.4 Å². The monoisotopic (exact) mass is 481 g/mol. The van der Waals surface area contributed by atoms with E-state index in [4.69, 9.17) is 9.57 Å². The van der Waals surface area contributed by atoms with E-state index in [0.29, 0.717) is 42.8 Å². The first-order chi connectivity index (χ1) is 15.4. The summed E-state index contributed by atoms with van der Waals surface area (Å²) in [7, 11) is -3.35. The minimum atomic E-state index is -3.35. The fraction of sp³-hybridized carbons (Fsp3) is 0.476. The zero-order chi connectivity index (χ0) is 22.7. The number of nitrogens with one attached hydrogen (secondary N) is 1. The molecule has 2 atom stereocenters. The van der Waals surface area contributed by atoms with E-state index < -0.39 is 20.9 Å². The summed E-state index contributed by atoms with van der Waals surface area (Å²) in [5, 5.41) is 5.84. The van der Waals surface area contributed by atoms with Crippen molar-refractivity contribution < 1.29 is 27.2 Å². The van der Waals surface area contributed by atoms with Crippen molar-refractivity contribution >= 4 is 37.9 Å². The van der Waals surface area contributed by atoms with Gasteiger partial charge < -0.3 is 9.57 Å². The maximum Gasteiger partial charge on any atom is 0.280 e.